The van der Waals surface area contributed by atoms with Gasteiger partial charge in [-0.2, -0.15) is 0 Å². The Hall–Kier alpha value is -2.04. The summed E-state index contributed by atoms with van der Waals surface area (Å²) >= 11 is 3.52. The van der Waals surface area contributed by atoms with Crippen LogP contribution in [0.1, 0.15) is 56.9 Å². The largest absolute Gasteiger partial charge is 0.299 e. The van der Waals surface area contributed by atoms with E-state index in [1.165, 1.54) is 60.2 Å². The van der Waals surface area contributed by atoms with Crippen LogP contribution in [-0.4, -0.2) is 28.0 Å². The predicted molar refractivity (Wildman–Crippen MR) is 135 cm³/mol. The number of aromatic nitrogens is 2. The second-order valence-electron chi connectivity index (χ2n) is 7.93. The fraction of sp³-hybridized carbons (Fsp3) is 0.407. The Bertz CT molecular complexity index is 976. The highest BCUT2D eigenvalue weighted by Crippen LogP contribution is 2.32. The maximum atomic E-state index is 4.79. The van der Waals surface area contributed by atoms with Gasteiger partial charge < -0.3 is 0 Å². The van der Waals surface area contributed by atoms with Gasteiger partial charge in [0.1, 0.15) is 4.60 Å². The van der Waals surface area contributed by atoms with E-state index >= 15 is 0 Å². The molecule has 1 aliphatic rings. The molecule has 3 aromatic rings. The van der Waals surface area contributed by atoms with Gasteiger partial charge in [0.2, 0.25) is 0 Å². The molecule has 4 heteroatoms. The molecule has 0 radical (unpaired) electrons. The summed E-state index contributed by atoms with van der Waals surface area (Å²) in [7, 11) is 0. The summed E-state index contributed by atoms with van der Waals surface area (Å²) in [5, 5.41) is 0. The molecule has 1 fully saturated rings. The minimum atomic E-state index is 0.854. The molecule has 0 amide bonds. The van der Waals surface area contributed by atoms with Crippen LogP contribution in [0.4, 0.5) is 0 Å². The van der Waals surface area contributed by atoms with E-state index in [0.29, 0.717) is 0 Å². The van der Waals surface area contributed by atoms with Crippen molar-refractivity contribution in [2.24, 2.45) is 0 Å². The van der Waals surface area contributed by atoms with E-state index < -0.39 is 0 Å². The molecule has 0 aliphatic carbocycles. The highest BCUT2D eigenvalue weighted by molar-refractivity contribution is 9.10. The number of rotatable bonds is 5. The smallest absolute Gasteiger partial charge is 0.106 e. The Morgan fingerprint density at radius 1 is 0.871 bits per heavy atom. The Balaban J connectivity index is 0.00000132. The molecule has 31 heavy (non-hydrogen) atoms. The van der Waals surface area contributed by atoms with E-state index in [1.807, 2.05) is 26.2 Å². The standard InChI is InChI=1S/C25H28BrN3.C2H6/c1-3-24-23(22-14-25(26)28-15-18(22)2)13-21(16-27-24)20-9-7-19(8-10-20)17-29-11-5-4-6-12-29;1-2/h7-10,13-16H,3-6,11-12,17H2,1-2H3;1-2H3. The van der Waals surface area contributed by atoms with Crippen molar-refractivity contribution in [3.05, 3.63) is 70.2 Å². The number of hydrogen-bond donors (Lipinski definition) is 0. The number of pyridine rings is 2. The van der Waals surface area contributed by atoms with E-state index in [2.05, 4.69) is 76.1 Å². The van der Waals surface area contributed by atoms with Crippen molar-refractivity contribution in [3.8, 4) is 22.3 Å². The number of aryl methyl sites for hydroxylation is 2. The van der Waals surface area contributed by atoms with E-state index in [-0.39, 0.29) is 0 Å². The SMILES string of the molecule is CC.CCc1ncc(-c2ccc(CN3CCCCC3)cc2)cc1-c1cc(Br)ncc1C. The van der Waals surface area contributed by atoms with Gasteiger partial charge >= 0.3 is 0 Å². The van der Waals surface area contributed by atoms with Crippen LogP contribution in [0.5, 0.6) is 0 Å². The Kier molecular flexibility index (Phi) is 8.79. The molecular weight excluding hydrogens is 446 g/mol. The first-order valence-electron chi connectivity index (χ1n) is 11.6. The zero-order valence-corrected chi connectivity index (χ0v) is 20.9. The molecule has 4 rings (SSSR count). The molecular formula is C27H34BrN3. The fourth-order valence-electron chi connectivity index (χ4n) is 4.13. The molecule has 3 nitrogen and oxygen atoms in total. The molecule has 1 aliphatic heterocycles. The van der Waals surface area contributed by atoms with Crippen molar-refractivity contribution in [3.63, 3.8) is 0 Å². The lowest BCUT2D eigenvalue weighted by molar-refractivity contribution is 0.221. The van der Waals surface area contributed by atoms with Gasteiger partial charge in [-0.3, -0.25) is 9.88 Å². The Morgan fingerprint density at radius 3 is 2.26 bits per heavy atom. The molecule has 0 bridgehead atoms. The molecule has 3 heterocycles. The summed E-state index contributed by atoms with van der Waals surface area (Å²) in [6.07, 6.45) is 8.88. The number of nitrogens with zero attached hydrogens (tertiary/aromatic N) is 3. The second kappa shape index (κ2) is 11.5. The highest BCUT2D eigenvalue weighted by atomic mass is 79.9. The second-order valence-corrected chi connectivity index (χ2v) is 8.74. The van der Waals surface area contributed by atoms with E-state index in [9.17, 15) is 0 Å². The summed E-state index contributed by atoms with van der Waals surface area (Å²) in [4.78, 5) is 11.7. The first-order chi connectivity index (χ1) is 15.1. The molecule has 2 aromatic heterocycles. The zero-order valence-electron chi connectivity index (χ0n) is 19.3. The van der Waals surface area contributed by atoms with Gasteiger partial charge in [-0.15, -0.1) is 0 Å². The summed E-state index contributed by atoms with van der Waals surface area (Å²) in [5.41, 5.74) is 8.45. The first kappa shape index (κ1) is 23.6. The quantitative estimate of drug-likeness (QED) is 0.355. The molecule has 0 unspecified atom stereocenters. The third-order valence-corrected chi connectivity index (χ3v) is 6.24. The number of likely N-dealkylation sites (tertiary alicyclic amines) is 1. The summed E-state index contributed by atoms with van der Waals surface area (Å²) < 4.78 is 0.854. The molecule has 0 saturated carbocycles. The highest BCUT2D eigenvalue weighted by Gasteiger charge is 2.13. The van der Waals surface area contributed by atoms with Gasteiger partial charge in [0.15, 0.2) is 0 Å². The number of benzene rings is 1. The van der Waals surface area contributed by atoms with E-state index in [0.717, 1.165) is 28.8 Å². The molecule has 0 N–H and O–H groups in total. The van der Waals surface area contributed by atoms with E-state index in [1.54, 1.807) is 0 Å². The van der Waals surface area contributed by atoms with Crippen LogP contribution in [0.25, 0.3) is 22.3 Å². The van der Waals surface area contributed by atoms with Gasteiger partial charge in [-0.1, -0.05) is 51.5 Å². The van der Waals surface area contributed by atoms with E-state index in [4.69, 9.17) is 4.98 Å². The average molecular weight is 480 g/mol. The van der Waals surface area contributed by atoms with Crippen LogP contribution in [0, 0.1) is 6.92 Å². The Labute approximate surface area is 196 Å². The van der Waals surface area contributed by atoms with Gasteiger partial charge in [-0.25, -0.2) is 4.98 Å². The number of halogens is 1. The summed E-state index contributed by atoms with van der Waals surface area (Å²) in [5.74, 6) is 0. The van der Waals surface area contributed by atoms with Crippen molar-refractivity contribution >= 4 is 15.9 Å². The summed E-state index contributed by atoms with van der Waals surface area (Å²) in [6, 6.07) is 13.4. The van der Waals surface area contributed by atoms with Crippen LogP contribution in [0.15, 0.2) is 53.4 Å². The third kappa shape index (κ3) is 6.02. The van der Waals surface area contributed by atoms with Crippen LogP contribution in [0.2, 0.25) is 0 Å². The van der Waals surface area contributed by atoms with Gasteiger partial charge in [0.05, 0.1) is 0 Å². The maximum absolute atomic E-state index is 4.79. The van der Waals surface area contributed by atoms with Crippen LogP contribution in [-0.2, 0) is 13.0 Å². The average Bonchev–Trinajstić information content (AvgIpc) is 2.83. The minimum absolute atomic E-state index is 0.854. The number of hydrogen-bond acceptors (Lipinski definition) is 3. The molecule has 0 spiro atoms. The zero-order chi connectivity index (χ0) is 22.2. The van der Waals surface area contributed by atoms with Gasteiger partial charge in [0.25, 0.3) is 0 Å². The van der Waals surface area contributed by atoms with Gasteiger partial charge in [0, 0.05) is 35.8 Å². The first-order valence-corrected chi connectivity index (χ1v) is 12.4. The van der Waals surface area contributed by atoms with Crippen LogP contribution >= 0.6 is 15.9 Å². The lowest BCUT2D eigenvalue weighted by Gasteiger charge is -2.26. The van der Waals surface area contributed by atoms with Gasteiger partial charge in [-0.05, 0) is 89.6 Å². The third-order valence-electron chi connectivity index (χ3n) is 5.81. The predicted octanol–water partition coefficient (Wildman–Crippen LogP) is 7.46. The van der Waals surface area contributed by atoms with Crippen molar-refractivity contribution in [2.45, 2.75) is 59.9 Å². The summed E-state index contributed by atoms with van der Waals surface area (Å²) in [6.45, 7) is 11.8. The monoisotopic (exact) mass is 479 g/mol. The van der Waals surface area contributed by atoms with Crippen molar-refractivity contribution in [2.75, 3.05) is 13.1 Å². The van der Waals surface area contributed by atoms with Crippen LogP contribution < -0.4 is 0 Å². The lowest BCUT2D eigenvalue weighted by atomic mass is 9.96. The lowest BCUT2D eigenvalue weighted by Crippen LogP contribution is -2.28. The normalized spacial score (nSPS) is 14.1. The van der Waals surface area contributed by atoms with Crippen molar-refractivity contribution in [1.29, 1.82) is 0 Å². The molecule has 1 aromatic carbocycles. The molecule has 1 saturated heterocycles. The number of piperidine rings is 1. The molecule has 164 valence electrons. The molecule has 0 atom stereocenters. The minimum Gasteiger partial charge on any atom is -0.299 e. The van der Waals surface area contributed by atoms with Crippen molar-refractivity contribution < 1.29 is 0 Å². The van der Waals surface area contributed by atoms with Crippen LogP contribution in [0.3, 0.4) is 0 Å². The topological polar surface area (TPSA) is 29.0 Å². The maximum Gasteiger partial charge on any atom is 0.106 e. The fourth-order valence-corrected chi connectivity index (χ4v) is 4.46. The Morgan fingerprint density at radius 2 is 1.58 bits per heavy atom. The van der Waals surface area contributed by atoms with Crippen molar-refractivity contribution in [1.82, 2.24) is 14.9 Å².